The summed E-state index contributed by atoms with van der Waals surface area (Å²) in [4.78, 5) is 0. The van der Waals surface area contributed by atoms with Crippen LogP contribution in [-0.4, -0.2) is 13.2 Å². The Hall–Kier alpha value is -0.920. The Bertz CT molecular complexity index is 471. The molecule has 0 amide bonds. The maximum Gasteiger partial charge on any atom is 0.0576 e. The number of hydrogen-bond donors (Lipinski definition) is 0. The normalized spacial score (nSPS) is 44.3. The van der Waals surface area contributed by atoms with Crippen molar-refractivity contribution in [2.75, 3.05) is 7.11 Å². The highest BCUT2D eigenvalue weighted by atomic mass is 16.5. The van der Waals surface area contributed by atoms with E-state index in [0.29, 0.717) is 16.9 Å². The van der Waals surface area contributed by atoms with E-state index in [4.69, 9.17) is 4.74 Å². The van der Waals surface area contributed by atoms with Crippen LogP contribution in [0.4, 0.5) is 0 Å². The Morgan fingerprint density at radius 2 is 1.41 bits per heavy atom. The summed E-state index contributed by atoms with van der Waals surface area (Å²) in [6.07, 6.45) is 31.3. The lowest BCUT2D eigenvalue weighted by Crippen LogP contribution is -2.53. The minimum Gasteiger partial charge on any atom is -0.381 e. The summed E-state index contributed by atoms with van der Waals surface area (Å²) in [5.41, 5.74) is 1.30. The van der Waals surface area contributed by atoms with Crippen LogP contribution in [0.5, 0.6) is 0 Å². The molecule has 4 saturated carbocycles. The first-order valence-electron chi connectivity index (χ1n) is 11.3. The molecule has 0 bridgehead atoms. The Balaban J connectivity index is 0.000000556. The molecule has 4 aliphatic rings. The Morgan fingerprint density at radius 1 is 0.778 bits per heavy atom. The molecule has 0 spiro atoms. The van der Waals surface area contributed by atoms with Crippen molar-refractivity contribution in [1.82, 2.24) is 0 Å². The van der Waals surface area contributed by atoms with E-state index in [1.54, 1.807) is 6.42 Å². The smallest absolute Gasteiger partial charge is 0.0576 e. The van der Waals surface area contributed by atoms with Gasteiger partial charge in [0.2, 0.25) is 0 Å². The largest absolute Gasteiger partial charge is 0.381 e. The molecule has 4 fully saturated rings. The van der Waals surface area contributed by atoms with Gasteiger partial charge in [-0.1, -0.05) is 34.1 Å². The summed E-state index contributed by atoms with van der Waals surface area (Å²) in [6, 6.07) is 0. The second-order valence-corrected chi connectivity index (χ2v) is 9.38. The zero-order valence-electron chi connectivity index (χ0n) is 18.7. The number of ether oxygens (including phenoxy) is 1. The van der Waals surface area contributed by atoms with E-state index in [9.17, 15) is 0 Å². The van der Waals surface area contributed by atoms with Crippen LogP contribution in [0.15, 0.2) is 0 Å². The van der Waals surface area contributed by atoms with Gasteiger partial charge in [-0.25, -0.2) is 0 Å². The van der Waals surface area contributed by atoms with E-state index in [1.165, 1.54) is 57.8 Å². The molecule has 154 valence electrons. The fourth-order valence-corrected chi connectivity index (χ4v) is 7.50. The van der Waals surface area contributed by atoms with E-state index >= 15 is 0 Å². The van der Waals surface area contributed by atoms with Gasteiger partial charge in [0.1, 0.15) is 0 Å². The Morgan fingerprint density at radius 3 is 2.04 bits per heavy atom. The number of rotatable bonds is 1. The van der Waals surface area contributed by atoms with Crippen molar-refractivity contribution in [2.45, 2.75) is 98.0 Å². The number of methoxy groups -OCH3 is 1. The minimum absolute atomic E-state index is 0.543. The average molecular weight is 373 g/mol. The highest BCUT2D eigenvalue weighted by Crippen LogP contribution is 2.66. The first-order valence-corrected chi connectivity index (χ1v) is 11.3. The topological polar surface area (TPSA) is 9.23 Å². The van der Waals surface area contributed by atoms with E-state index in [1.807, 2.05) is 21.0 Å². The molecule has 4 rings (SSSR count). The molecule has 0 N–H and O–H groups in total. The maximum absolute atomic E-state index is 5.79. The maximum atomic E-state index is 5.79. The van der Waals surface area contributed by atoms with Crippen molar-refractivity contribution in [2.24, 2.45) is 34.5 Å². The van der Waals surface area contributed by atoms with Gasteiger partial charge in [-0.05, 0) is 92.3 Å². The van der Waals surface area contributed by atoms with Crippen LogP contribution in [0.3, 0.4) is 0 Å². The number of hydrogen-bond acceptors (Lipinski definition) is 1. The predicted molar refractivity (Wildman–Crippen MR) is 118 cm³/mol. The molecule has 0 aliphatic heterocycles. The van der Waals surface area contributed by atoms with Crippen molar-refractivity contribution in [3.63, 3.8) is 0 Å². The summed E-state index contributed by atoms with van der Waals surface area (Å²) in [7, 11) is 1.93. The molecule has 1 nitrogen and oxygen atoms in total. The third-order valence-electron chi connectivity index (χ3n) is 8.68. The van der Waals surface area contributed by atoms with Crippen LogP contribution < -0.4 is 0 Å². The van der Waals surface area contributed by atoms with Crippen molar-refractivity contribution in [3.8, 4) is 25.7 Å². The Labute approximate surface area is 170 Å². The predicted octanol–water partition coefficient (Wildman–Crippen LogP) is 6.96. The lowest BCUT2D eigenvalue weighted by molar-refractivity contribution is -0.130. The van der Waals surface area contributed by atoms with E-state index in [0.717, 1.165) is 23.7 Å². The summed E-state index contributed by atoms with van der Waals surface area (Å²) in [6.45, 7) is 9.27. The monoisotopic (exact) mass is 372 g/mol. The fourth-order valence-electron chi connectivity index (χ4n) is 7.50. The van der Waals surface area contributed by atoms with Gasteiger partial charge in [-0.3, -0.25) is 0 Å². The standard InChI is InChI=1S/C20H34O.C2H6.2C2H2/c1-19-11-4-5-17(19)16-9-7-14-6-8-15(21-3)13-20(14,2)18(16)10-12-19;3*1-2/h14-18H,4-13H2,1-3H3;1-2H3;2*1-2H. The van der Waals surface area contributed by atoms with Gasteiger partial charge in [0.25, 0.3) is 0 Å². The van der Waals surface area contributed by atoms with Crippen molar-refractivity contribution in [3.05, 3.63) is 0 Å². The van der Waals surface area contributed by atoms with Crippen LogP contribution in [0.25, 0.3) is 0 Å². The lowest BCUT2D eigenvalue weighted by Gasteiger charge is -2.60. The highest BCUT2D eigenvalue weighted by molar-refractivity contribution is 5.07. The van der Waals surface area contributed by atoms with Gasteiger partial charge in [-0.2, -0.15) is 0 Å². The average Bonchev–Trinajstić information content (AvgIpc) is 3.13. The molecule has 0 heterocycles. The van der Waals surface area contributed by atoms with E-state index < -0.39 is 0 Å². The molecule has 0 aromatic carbocycles. The second-order valence-electron chi connectivity index (χ2n) is 9.38. The molecular weight excluding hydrogens is 328 g/mol. The van der Waals surface area contributed by atoms with E-state index in [-0.39, 0.29) is 0 Å². The highest BCUT2D eigenvalue weighted by Gasteiger charge is 2.57. The summed E-state index contributed by atoms with van der Waals surface area (Å²) >= 11 is 0. The molecule has 0 radical (unpaired) electrons. The second kappa shape index (κ2) is 10.6. The molecule has 7 unspecified atom stereocenters. The molecule has 0 aromatic rings. The van der Waals surface area contributed by atoms with Gasteiger partial charge < -0.3 is 4.74 Å². The van der Waals surface area contributed by atoms with Crippen LogP contribution >= 0.6 is 0 Å². The van der Waals surface area contributed by atoms with Crippen molar-refractivity contribution < 1.29 is 4.74 Å². The summed E-state index contributed by atoms with van der Waals surface area (Å²) in [5, 5.41) is 0. The van der Waals surface area contributed by atoms with Gasteiger partial charge in [0.15, 0.2) is 0 Å². The molecule has 4 aliphatic carbocycles. The van der Waals surface area contributed by atoms with Crippen molar-refractivity contribution >= 4 is 0 Å². The van der Waals surface area contributed by atoms with Crippen LogP contribution in [0.1, 0.15) is 91.9 Å². The van der Waals surface area contributed by atoms with Crippen LogP contribution in [0, 0.1) is 60.2 Å². The molecule has 7 atom stereocenters. The minimum atomic E-state index is 0.543. The SMILES string of the molecule is C#C.C#C.CC.COC1CCC2CCC3C4CCCC4(C)CCC3C2(C)C1. The zero-order valence-corrected chi connectivity index (χ0v) is 18.7. The van der Waals surface area contributed by atoms with Crippen LogP contribution in [-0.2, 0) is 4.74 Å². The first-order chi connectivity index (χ1) is 13.1. The first kappa shape index (κ1) is 24.1. The fraction of sp³-hybridized carbons (Fsp3) is 0.846. The summed E-state index contributed by atoms with van der Waals surface area (Å²) < 4.78 is 5.79. The molecule has 0 aromatic heterocycles. The summed E-state index contributed by atoms with van der Waals surface area (Å²) in [5.74, 6) is 4.10. The number of terminal acetylenes is 2. The molecule has 1 heteroatoms. The quantitative estimate of drug-likeness (QED) is 0.452. The lowest BCUT2D eigenvalue weighted by atomic mass is 9.45. The molecule has 0 saturated heterocycles. The van der Waals surface area contributed by atoms with Gasteiger partial charge in [0, 0.05) is 7.11 Å². The van der Waals surface area contributed by atoms with Gasteiger partial charge in [-0.15, -0.1) is 25.7 Å². The Kier molecular flexibility index (Phi) is 9.45. The third-order valence-corrected chi connectivity index (χ3v) is 8.68. The molecule has 27 heavy (non-hydrogen) atoms. The van der Waals surface area contributed by atoms with Crippen LogP contribution in [0.2, 0.25) is 0 Å². The number of fused-ring (bicyclic) bond motifs is 5. The van der Waals surface area contributed by atoms with Gasteiger partial charge in [0.05, 0.1) is 6.10 Å². The van der Waals surface area contributed by atoms with Gasteiger partial charge >= 0.3 is 0 Å². The van der Waals surface area contributed by atoms with E-state index in [2.05, 4.69) is 39.5 Å². The van der Waals surface area contributed by atoms with Crippen molar-refractivity contribution in [1.29, 1.82) is 0 Å². The third kappa shape index (κ3) is 4.40. The zero-order chi connectivity index (χ0) is 20.7. The molecular formula is C26H44O.